The summed E-state index contributed by atoms with van der Waals surface area (Å²) in [6.45, 7) is 6.86. The average molecular weight is 360 g/mol. The molecule has 1 amide bonds. The van der Waals surface area contributed by atoms with Crippen molar-refractivity contribution in [2.75, 3.05) is 11.4 Å². The number of anilines is 1. The molecule has 4 nitrogen and oxygen atoms in total. The summed E-state index contributed by atoms with van der Waals surface area (Å²) in [7, 11) is 0. The average Bonchev–Trinajstić information content (AvgIpc) is 2.66. The van der Waals surface area contributed by atoms with Crippen molar-refractivity contribution in [1.82, 2.24) is 4.57 Å². The van der Waals surface area contributed by atoms with E-state index in [-0.39, 0.29) is 17.0 Å². The number of pyridine rings is 1. The van der Waals surface area contributed by atoms with Crippen molar-refractivity contribution < 1.29 is 4.79 Å². The van der Waals surface area contributed by atoms with Crippen LogP contribution in [0.25, 0.3) is 0 Å². The third-order valence-corrected chi connectivity index (χ3v) is 4.73. The molecule has 1 aromatic heterocycles. The maximum absolute atomic E-state index is 13.1. The molecule has 138 valence electrons. The lowest BCUT2D eigenvalue weighted by Gasteiger charge is -2.21. The van der Waals surface area contributed by atoms with E-state index in [9.17, 15) is 9.59 Å². The van der Waals surface area contributed by atoms with Crippen LogP contribution in [-0.4, -0.2) is 17.0 Å². The molecular formula is C23H24N2O2. The number of amides is 1. The molecule has 0 atom stereocenters. The first-order valence-electron chi connectivity index (χ1n) is 9.13. The van der Waals surface area contributed by atoms with E-state index in [0.29, 0.717) is 13.1 Å². The second-order valence-electron chi connectivity index (χ2n) is 6.67. The Morgan fingerprint density at radius 1 is 1.00 bits per heavy atom. The van der Waals surface area contributed by atoms with Gasteiger partial charge in [-0.1, -0.05) is 36.4 Å². The molecule has 0 aliphatic heterocycles. The Labute approximate surface area is 159 Å². The number of aryl methyl sites for hydroxylation is 2. The molecule has 0 saturated heterocycles. The van der Waals surface area contributed by atoms with Gasteiger partial charge in [0.1, 0.15) is 5.56 Å². The summed E-state index contributed by atoms with van der Waals surface area (Å²) >= 11 is 0. The fourth-order valence-corrected chi connectivity index (χ4v) is 3.18. The van der Waals surface area contributed by atoms with Crippen LogP contribution in [-0.2, 0) is 6.54 Å². The number of carbonyl (C=O) groups excluding carboxylic acids is 1. The smallest absolute Gasteiger partial charge is 0.263 e. The van der Waals surface area contributed by atoms with Gasteiger partial charge >= 0.3 is 0 Å². The lowest BCUT2D eigenvalue weighted by molar-refractivity contribution is 0.0986. The number of carbonyl (C=O) groups is 1. The van der Waals surface area contributed by atoms with Crippen LogP contribution in [0.15, 0.2) is 71.7 Å². The summed E-state index contributed by atoms with van der Waals surface area (Å²) in [5, 5.41) is 0. The van der Waals surface area contributed by atoms with E-state index in [1.54, 1.807) is 27.8 Å². The molecule has 0 fully saturated rings. The molecule has 1 heterocycles. The van der Waals surface area contributed by atoms with Gasteiger partial charge < -0.3 is 9.47 Å². The number of benzene rings is 2. The molecule has 0 aliphatic carbocycles. The van der Waals surface area contributed by atoms with Gasteiger partial charge in [0.15, 0.2) is 0 Å². The topological polar surface area (TPSA) is 42.3 Å². The van der Waals surface area contributed by atoms with Gasteiger partial charge in [-0.2, -0.15) is 0 Å². The van der Waals surface area contributed by atoms with E-state index in [2.05, 4.69) is 0 Å². The molecule has 27 heavy (non-hydrogen) atoms. The van der Waals surface area contributed by atoms with Crippen molar-refractivity contribution >= 4 is 11.6 Å². The highest BCUT2D eigenvalue weighted by atomic mass is 16.2. The summed E-state index contributed by atoms with van der Waals surface area (Å²) in [6.07, 6.45) is 1.73. The second-order valence-corrected chi connectivity index (χ2v) is 6.67. The highest BCUT2D eigenvalue weighted by molar-refractivity contribution is 6.05. The van der Waals surface area contributed by atoms with Crippen LogP contribution in [0.5, 0.6) is 0 Å². The van der Waals surface area contributed by atoms with Crippen molar-refractivity contribution in [3.05, 3.63) is 99.5 Å². The first kappa shape index (κ1) is 18.6. The third-order valence-electron chi connectivity index (χ3n) is 4.73. The van der Waals surface area contributed by atoms with Gasteiger partial charge in [0.25, 0.3) is 11.5 Å². The highest BCUT2D eigenvalue weighted by Gasteiger charge is 2.20. The molecule has 3 aromatic rings. The standard InChI is InChI=1S/C23H24N2O2/c1-4-25(20-12-7-9-17(2)15-20)23(27)21-13-8-14-24(22(21)26)16-19-11-6-5-10-18(19)3/h5-15H,4,16H2,1-3H3. The molecule has 3 rings (SSSR count). The number of hydrogen-bond acceptors (Lipinski definition) is 2. The Morgan fingerprint density at radius 3 is 2.48 bits per heavy atom. The van der Waals surface area contributed by atoms with Gasteiger partial charge in [-0.15, -0.1) is 0 Å². The summed E-state index contributed by atoms with van der Waals surface area (Å²) < 4.78 is 1.60. The highest BCUT2D eigenvalue weighted by Crippen LogP contribution is 2.18. The molecule has 0 aliphatic rings. The summed E-state index contributed by atoms with van der Waals surface area (Å²) in [5.74, 6) is -0.271. The fraction of sp³-hybridized carbons (Fsp3) is 0.217. The van der Waals surface area contributed by atoms with E-state index in [4.69, 9.17) is 0 Å². The lowest BCUT2D eigenvalue weighted by Crippen LogP contribution is -2.36. The molecule has 0 unspecified atom stereocenters. The van der Waals surface area contributed by atoms with Crippen LogP contribution in [0.2, 0.25) is 0 Å². The van der Waals surface area contributed by atoms with Gasteiger partial charge in [-0.3, -0.25) is 9.59 Å². The minimum absolute atomic E-state index is 0.189. The zero-order valence-corrected chi connectivity index (χ0v) is 16.0. The fourth-order valence-electron chi connectivity index (χ4n) is 3.18. The SMILES string of the molecule is CCN(C(=O)c1cccn(Cc2ccccc2C)c1=O)c1cccc(C)c1. The van der Waals surface area contributed by atoms with Crippen molar-refractivity contribution in [1.29, 1.82) is 0 Å². The third kappa shape index (κ3) is 4.00. The molecule has 0 radical (unpaired) electrons. The maximum Gasteiger partial charge on any atom is 0.263 e. The maximum atomic E-state index is 13.1. The van der Waals surface area contributed by atoms with Gasteiger partial charge in [0.2, 0.25) is 0 Å². The largest absolute Gasteiger partial charge is 0.310 e. The Balaban J connectivity index is 1.96. The van der Waals surface area contributed by atoms with E-state index < -0.39 is 0 Å². The molecule has 4 heteroatoms. The zero-order valence-electron chi connectivity index (χ0n) is 16.0. The predicted molar refractivity (Wildman–Crippen MR) is 110 cm³/mol. The molecular weight excluding hydrogens is 336 g/mol. The summed E-state index contributed by atoms with van der Waals surface area (Å²) in [5.41, 5.74) is 3.98. The van der Waals surface area contributed by atoms with Gasteiger partial charge in [-0.25, -0.2) is 0 Å². The number of rotatable bonds is 5. The molecule has 0 spiro atoms. The van der Waals surface area contributed by atoms with Crippen LogP contribution < -0.4 is 10.5 Å². The zero-order chi connectivity index (χ0) is 19.4. The predicted octanol–water partition coefficient (Wildman–Crippen LogP) is 4.18. The van der Waals surface area contributed by atoms with Crippen LogP contribution in [0.3, 0.4) is 0 Å². The van der Waals surface area contributed by atoms with Crippen LogP contribution >= 0.6 is 0 Å². The summed E-state index contributed by atoms with van der Waals surface area (Å²) in [6, 6.07) is 19.1. The van der Waals surface area contributed by atoms with Crippen LogP contribution in [0, 0.1) is 13.8 Å². The number of nitrogens with zero attached hydrogens (tertiary/aromatic N) is 2. The summed E-state index contributed by atoms with van der Waals surface area (Å²) in [4.78, 5) is 27.7. The molecule has 2 aromatic carbocycles. The monoisotopic (exact) mass is 360 g/mol. The van der Waals surface area contributed by atoms with Gasteiger partial charge in [0.05, 0.1) is 6.54 Å². The van der Waals surface area contributed by atoms with E-state index in [0.717, 1.165) is 22.4 Å². The minimum Gasteiger partial charge on any atom is -0.310 e. The van der Waals surface area contributed by atoms with Crippen molar-refractivity contribution in [3.8, 4) is 0 Å². The quantitative estimate of drug-likeness (QED) is 0.685. The van der Waals surface area contributed by atoms with E-state index in [1.807, 2.05) is 69.3 Å². The van der Waals surface area contributed by atoms with Crippen molar-refractivity contribution in [2.24, 2.45) is 0 Å². The Bertz CT molecular complexity index is 1020. The Kier molecular flexibility index (Phi) is 5.55. The number of aromatic nitrogens is 1. The minimum atomic E-state index is -0.271. The van der Waals surface area contributed by atoms with Crippen molar-refractivity contribution in [2.45, 2.75) is 27.3 Å². The second kappa shape index (κ2) is 8.04. The van der Waals surface area contributed by atoms with E-state index in [1.165, 1.54) is 0 Å². The Morgan fingerprint density at radius 2 is 1.78 bits per heavy atom. The first-order chi connectivity index (χ1) is 13.0. The molecule has 0 bridgehead atoms. The van der Waals surface area contributed by atoms with Gasteiger partial charge in [0, 0.05) is 18.4 Å². The van der Waals surface area contributed by atoms with Crippen molar-refractivity contribution in [3.63, 3.8) is 0 Å². The molecule has 0 saturated carbocycles. The van der Waals surface area contributed by atoms with E-state index >= 15 is 0 Å². The lowest BCUT2D eigenvalue weighted by atomic mass is 10.1. The number of hydrogen-bond donors (Lipinski definition) is 0. The van der Waals surface area contributed by atoms with Crippen LogP contribution in [0.4, 0.5) is 5.69 Å². The normalized spacial score (nSPS) is 10.6. The Hall–Kier alpha value is -3.14. The van der Waals surface area contributed by atoms with Gasteiger partial charge in [-0.05, 0) is 61.7 Å². The molecule has 0 N–H and O–H groups in total. The van der Waals surface area contributed by atoms with Crippen LogP contribution in [0.1, 0.15) is 34.0 Å². The first-order valence-corrected chi connectivity index (χ1v) is 9.13.